The van der Waals surface area contributed by atoms with Gasteiger partial charge in [-0.2, -0.15) is 10.1 Å². The molecule has 1 aliphatic rings. The summed E-state index contributed by atoms with van der Waals surface area (Å²) in [5.74, 6) is -1.02. The molecule has 2 aromatic carbocycles. The van der Waals surface area contributed by atoms with Crippen LogP contribution in [0.5, 0.6) is 5.75 Å². The molecule has 0 saturated carbocycles. The number of amides is 1. The lowest BCUT2D eigenvalue weighted by Crippen LogP contribution is -2.21. The van der Waals surface area contributed by atoms with Gasteiger partial charge in [0.1, 0.15) is 12.4 Å². The first-order valence-corrected chi connectivity index (χ1v) is 10.6. The van der Waals surface area contributed by atoms with E-state index in [2.05, 4.69) is 43.5 Å². The standard InChI is InChI=1S/C21H15Br2ClN2O4/c1-3-6-30-19-12(7-13(22)9-17(19)23)8-15-11(2)25-26(20(15)27)14-4-5-18(24)16(10-14)21(28)29/h3-5,7-10H,1,6H2,2H3,(H,28,29)/b15-8-. The average molecular weight is 555 g/mol. The zero-order valence-electron chi connectivity index (χ0n) is 15.7. The summed E-state index contributed by atoms with van der Waals surface area (Å²) < 4.78 is 7.26. The second kappa shape index (κ2) is 9.16. The number of nitrogens with zero attached hydrogens (tertiary/aromatic N) is 2. The van der Waals surface area contributed by atoms with Crippen LogP contribution in [0.2, 0.25) is 5.02 Å². The van der Waals surface area contributed by atoms with Gasteiger partial charge in [0.05, 0.1) is 32.0 Å². The molecule has 3 rings (SSSR count). The molecule has 6 nitrogen and oxygen atoms in total. The second-order valence-corrected chi connectivity index (χ2v) is 8.41. The summed E-state index contributed by atoms with van der Waals surface area (Å²) in [4.78, 5) is 24.4. The Balaban J connectivity index is 2.03. The van der Waals surface area contributed by atoms with E-state index in [1.54, 1.807) is 25.1 Å². The number of carbonyl (C=O) groups is 2. The van der Waals surface area contributed by atoms with Crippen LogP contribution in [0.15, 0.2) is 62.6 Å². The number of rotatable bonds is 6. The van der Waals surface area contributed by atoms with Crippen molar-refractivity contribution in [1.29, 1.82) is 0 Å². The lowest BCUT2D eigenvalue weighted by Gasteiger charge is -2.14. The molecule has 0 bridgehead atoms. The van der Waals surface area contributed by atoms with Gasteiger partial charge in [-0.1, -0.05) is 40.2 Å². The maximum absolute atomic E-state index is 13.1. The van der Waals surface area contributed by atoms with Crippen LogP contribution >= 0.6 is 43.5 Å². The fourth-order valence-electron chi connectivity index (χ4n) is 2.81. The fraction of sp³-hybridized carbons (Fsp3) is 0.0952. The first-order chi connectivity index (χ1) is 14.2. The second-order valence-electron chi connectivity index (χ2n) is 6.24. The van der Waals surface area contributed by atoms with E-state index in [0.717, 1.165) is 9.48 Å². The third-order valence-corrected chi connectivity index (χ3v) is 5.55. The van der Waals surface area contributed by atoms with E-state index in [1.807, 2.05) is 12.1 Å². The number of carboxylic acids is 1. The molecule has 0 radical (unpaired) electrons. The van der Waals surface area contributed by atoms with Gasteiger partial charge in [-0.05, 0) is 59.3 Å². The van der Waals surface area contributed by atoms with Gasteiger partial charge >= 0.3 is 5.97 Å². The molecule has 0 unspecified atom stereocenters. The Morgan fingerprint density at radius 1 is 1.33 bits per heavy atom. The summed E-state index contributed by atoms with van der Waals surface area (Å²) in [7, 11) is 0. The average Bonchev–Trinajstić information content (AvgIpc) is 2.95. The highest BCUT2D eigenvalue weighted by Gasteiger charge is 2.30. The smallest absolute Gasteiger partial charge is 0.337 e. The lowest BCUT2D eigenvalue weighted by atomic mass is 10.1. The summed E-state index contributed by atoms with van der Waals surface area (Å²) in [6.07, 6.45) is 3.31. The molecule has 2 aromatic rings. The first kappa shape index (κ1) is 22.3. The van der Waals surface area contributed by atoms with Crippen molar-refractivity contribution >= 4 is 72.8 Å². The lowest BCUT2D eigenvalue weighted by molar-refractivity contribution is -0.114. The SMILES string of the molecule is C=CCOc1c(Br)cc(Br)cc1/C=C1\C(=O)N(c2ccc(Cl)c(C(=O)O)c2)N=C1C. The zero-order valence-corrected chi connectivity index (χ0v) is 19.6. The van der Waals surface area contributed by atoms with E-state index < -0.39 is 11.9 Å². The number of halogens is 3. The van der Waals surface area contributed by atoms with Crippen LogP contribution in [-0.2, 0) is 4.79 Å². The monoisotopic (exact) mass is 552 g/mol. The minimum Gasteiger partial charge on any atom is -0.488 e. The number of hydrazone groups is 1. The maximum atomic E-state index is 13.1. The molecule has 0 atom stereocenters. The molecule has 1 N–H and O–H groups in total. The molecule has 0 fully saturated rings. The van der Waals surface area contributed by atoms with Crippen LogP contribution in [0.1, 0.15) is 22.8 Å². The van der Waals surface area contributed by atoms with Crippen molar-refractivity contribution < 1.29 is 19.4 Å². The van der Waals surface area contributed by atoms with E-state index in [1.165, 1.54) is 12.1 Å². The largest absolute Gasteiger partial charge is 0.488 e. The van der Waals surface area contributed by atoms with Crippen LogP contribution in [0, 0.1) is 0 Å². The topological polar surface area (TPSA) is 79.2 Å². The van der Waals surface area contributed by atoms with E-state index in [-0.39, 0.29) is 10.6 Å². The van der Waals surface area contributed by atoms with Gasteiger partial charge < -0.3 is 9.84 Å². The Morgan fingerprint density at radius 2 is 2.07 bits per heavy atom. The number of carboxylic acid groups (broad SMARTS) is 1. The van der Waals surface area contributed by atoms with E-state index in [0.29, 0.717) is 39.4 Å². The van der Waals surface area contributed by atoms with Gasteiger partial charge in [0.15, 0.2) is 0 Å². The normalized spacial score (nSPS) is 14.8. The zero-order chi connectivity index (χ0) is 22.0. The third-order valence-electron chi connectivity index (χ3n) is 4.17. The Hall–Kier alpha value is -2.42. The van der Waals surface area contributed by atoms with E-state index >= 15 is 0 Å². The molecule has 0 spiro atoms. The van der Waals surface area contributed by atoms with Crippen LogP contribution in [0.25, 0.3) is 6.08 Å². The maximum Gasteiger partial charge on any atom is 0.337 e. The van der Waals surface area contributed by atoms with Crippen molar-refractivity contribution in [1.82, 2.24) is 0 Å². The van der Waals surface area contributed by atoms with Gasteiger partial charge in [-0.15, -0.1) is 0 Å². The number of benzene rings is 2. The third kappa shape index (κ3) is 4.50. The van der Waals surface area contributed by atoms with Gasteiger partial charge in [0.2, 0.25) is 0 Å². The van der Waals surface area contributed by atoms with Gasteiger partial charge in [0.25, 0.3) is 5.91 Å². The highest BCUT2D eigenvalue weighted by molar-refractivity contribution is 9.11. The Kier molecular flexibility index (Phi) is 6.80. The number of aromatic carboxylic acids is 1. The van der Waals surface area contributed by atoms with Gasteiger partial charge in [-0.3, -0.25) is 4.79 Å². The summed E-state index contributed by atoms with van der Waals surface area (Å²) in [6.45, 7) is 5.65. The highest BCUT2D eigenvalue weighted by atomic mass is 79.9. The molecular weight excluding hydrogens is 540 g/mol. The van der Waals surface area contributed by atoms with E-state index in [9.17, 15) is 14.7 Å². The van der Waals surface area contributed by atoms with Crippen molar-refractivity contribution in [3.05, 3.63) is 73.7 Å². The van der Waals surface area contributed by atoms with Crippen molar-refractivity contribution in [2.24, 2.45) is 5.10 Å². The molecule has 1 aliphatic heterocycles. The molecule has 30 heavy (non-hydrogen) atoms. The predicted molar refractivity (Wildman–Crippen MR) is 125 cm³/mol. The Bertz CT molecular complexity index is 1130. The van der Waals surface area contributed by atoms with Crippen molar-refractivity contribution in [2.75, 3.05) is 11.6 Å². The van der Waals surface area contributed by atoms with Crippen molar-refractivity contribution in [3.63, 3.8) is 0 Å². The molecule has 0 aromatic heterocycles. The molecule has 0 saturated heterocycles. The Labute approximate surface area is 194 Å². The van der Waals surface area contributed by atoms with E-state index in [4.69, 9.17) is 16.3 Å². The predicted octanol–water partition coefficient (Wildman–Crippen LogP) is 5.93. The summed E-state index contributed by atoms with van der Waals surface area (Å²) in [5.41, 5.74) is 1.71. The number of ether oxygens (including phenoxy) is 1. The quantitative estimate of drug-likeness (QED) is 0.355. The Morgan fingerprint density at radius 3 is 2.73 bits per heavy atom. The molecule has 154 valence electrons. The number of hydrogen-bond donors (Lipinski definition) is 1. The summed E-state index contributed by atoms with van der Waals surface area (Å²) in [5, 5.41) is 14.8. The van der Waals surface area contributed by atoms with Crippen molar-refractivity contribution in [2.45, 2.75) is 6.92 Å². The molecule has 0 aliphatic carbocycles. The van der Waals surface area contributed by atoms with Crippen LogP contribution in [0.3, 0.4) is 0 Å². The minimum absolute atomic E-state index is 0.0809. The first-order valence-electron chi connectivity index (χ1n) is 8.60. The van der Waals surface area contributed by atoms with Crippen LogP contribution in [-0.4, -0.2) is 29.3 Å². The molecule has 9 heteroatoms. The molecular formula is C21H15Br2ClN2O4. The number of anilines is 1. The molecule has 1 amide bonds. The van der Waals surface area contributed by atoms with Gasteiger partial charge in [-0.25, -0.2) is 4.79 Å². The van der Waals surface area contributed by atoms with Crippen LogP contribution in [0.4, 0.5) is 5.69 Å². The highest BCUT2D eigenvalue weighted by Crippen LogP contribution is 2.36. The fourth-order valence-corrected chi connectivity index (χ4v) is 4.38. The molecule has 1 heterocycles. The van der Waals surface area contributed by atoms with Crippen molar-refractivity contribution in [3.8, 4) is 5.75 Å². The number of carbonyl (C=O) groups excluding carboxylic acids is 1. The van der Waals surface area contributed by atoms with Gasteiger partial charge in [0, 0.05) is 10.0 Å². The minimum atomic E-state index is -1.19. The van der Waals surface area contributed by atoms with Crippen LogP contribution < -0.4 is 9.75 Å². The summed E-state index contributed by atoms with van der Waals surface area (Å²) in [6, 6.07) is 7.94. The summed E-state index contributed by atoms with van der Waals surface area (Å²) >= 11 is 12.8. The number of hydrogen-bond acceptors (Lipinski definition) is 4.